The summed E-state index contributed by atoms with van der Waals surface area (Å²) in [5.41, 5.74) is -1.68. The van der Waals surface area contributed by atoms with E-state index < -0.39 is 36.9 Å². The van der Waals surface area contributed by atoms with Crippen molar-refractivity contribution in [2.75, 3.05) is 13.1 Å². The van der Waals surface area contributed by atoms with Gasteiger partial charge in [-0.3, -0.25) is 10.1 Å². The fourth-order valence-electron chi connectivity index (χ4n) is 2.05. The van der Waals surface area contributed by atoms with Crippen LogP contribution in [0.5, 0.6) is 0 Å². The molecule has 1 atom stereocenters. The molecule has 0 aromatic heterocycles. The number of nitro benzene ring substituents is 1. The second-order valence-corrected chi connectivity index (χ2v) is 6.86. The molecule has 0 amide bonds. The third-order valence-electron chi connectivity index (χ3n) is 3.16. The molecule has 0 aliphatic carbocycles. The molecule has 1 aromatic rings. The molecule has 0 radical (unpaired) electrons. The van der Waals surface area contributed by atoms with Crippen molar-refractivity contribution >= 4 is 15.7 Å². The van der Waals surface area contributed by atoms with E-state index in [9.17, 15) is 28.0 Å². The second-order valence-electron chi connectivity index (χ2n) is 4.96. The molecule has 1 fully saturated rings. The lowest BCUT2D eigenvalue weighted by atomic mass is 10.1. The second kappa shape index (κ2) is 4.76. The van der Waals surface area contributed by atoms with Gasteiger partial charge in [0.05, 0.1) is 10.5 Å². The lowest BCUT2D eigenvalue weighted by Crippen LogP contribution is -2.34. The van der Waals surface area contributed by atoms with Gasteiger partial charge in [-0.15, -0.1) is 0 Å². The third-order valence-corrected chi connectivity index (χ3v) is 5.02. The van der Waals surface area contributed by atoms with E-state index in [4.69, 9.17) is 0 Å². The monoisotopic (exact) mass is 304 g/mol. The Labute approximate surface area is 114 Å². The van der Waals surface area contributed by atoms with Crippen LogP contribution >= 0.6 is 0 Å². The first-order chi connectivity index (χ1) is 9.13. The number of aliphatic hydroxyl groups is 1. The molecule has 110 valence electrons. The van der Waals surface area contributed by atoms with Crippen LogP contribution in [0.3, 0.4) is 0 Å². The van der Waals surface area contributed by atoms with Gasteiger partial charge in [-0.1, -0.05) is 0 Å². The van der Waals surface area contributed by atoms with E-state index in [2.05, 4.69) is 0 Å². The number of nitro groups is 1. The Morgan fingerprint density at radius 2 is 2.15 bits per heavy atom. The number of hydrogen-bond donors (Lipinski definition) is 1. The Kier molecular flexibility index (Phi) is 3.53. The van der Waals surface area contributed by atoms with Crippen LogP contribution in [0.4, 0.5) is 10.1 Å². The van der Waals surface area contributed by atoms with Gasteiger partial charge in [-0.25, -0.2) is 12.8 Å². The van der Waals surface area contributed by atoms with Crippen LogP contribution in [-0.4, -0.2) is 41.4 Å². The minimum absolute atomic E-state index is 0.0392. The molecule has 0 spiro atoms. The minimum atomic E-state index is -4.20. The maximum atomic E-state index is 13.7. The molecule has 1 saturated heterocycles. The highest BCUT2D eigenvalue weighted by atomic mass is 32.2. The Morgan fingerprint density at radius 3 is 2.65 bits per heavy atom. The van der Waals surface area contributed by atoms with Gasteiger partial charge in [0.1, 0.15) is 10.7 Å². The summed E-state index contributed by atoms with van der Waals surface area (Å²) >= 11 is 0. The maximum Gasteiger partial charge on any atom is 0.270 e. The summed E-state index contributed by atoms with van der Waals surface area (Å²) in [6.07, 6.45) is 0.225. The van der Waals surface area contributed by atoms with E-state index in [1.54, 1.807) is 0 Å². The summed E-state index contributed by atoms with van der Waals surface area (Å²) in [5, 5.41) is 20.4. The average molecular weight is 304 g/mol. The lowest BCUT2D eigenvalue weighted by molar-refractivity contribution is -0.385. The van der Waals surface area contributed by atoms with Crippen molar-refractivity contribution in [1.82, 2.24) is 4.31 Å². The van der Waals surface area contributed by atoms with E-state index in [0.29, 0.717) is 6.07 Å². The quantitative estimate of drug-likeness (QED) is 0.660. The summed E-state index contributed by atoms with van der Waals surface area (Å²) in [5.74, 6) is -1.05. The van der Waals surface area contributed by atoms with Crippen LogP contribution < -0.4 is 0 Å². The number of non-ortho nitro benzene ring substituents is 1. The standard InChI is InChI=1S/C11H13FN2O5S/c1-11(15)4-5-13(7-11)20(18,19)10-6-8(14(16)17)2-3-9(10)12/h2-3,6,15H,4-5,7H2,1H3. The predicted octanol–water partition coefficient (Wildman–Crippen LogP) is 0.879. The fourth-order valence-corrected chi connectivity index (χ4v) is 3.69. The molecule has 7 nitrogen and oxygen atoms in total. The van der Waals surface area contributed by atoms with Crippen LogP contribution in [-0.2, 0) is 10.0 Å². The van der Waals surface area contributed by atoms with Crippen molar-refractivity contribution in [2.24, 2.45) is 0 Å². The third kappa shape index (κ3) is 2.65. The van der Waals surface area contributed by atoms with Crippen molar-refractivity contribution in [3.8, 4) is 0 Å². The molecule has 1 heterocycles. The highest BCUT2D eigenvalue weighted by molar-refractivity contribution is 7.89. The summed E-state index contributed by atoms with van der Waals surface area (Å²) in [6, 6.07) is 2.34. The van der Waals surface area contributed by atoms with Crippen LogP contribution in [0.15, 0.2) is 23.1 Å². The summed E-state index contributed by atoms with van der Waals surface area (Å²) in [7, 11) is -4.20. The first-order valence-electron chi connectivity index (χ1n) is 5.80. The summed E-state index contributed by atoms with van der Waals surface area (Å²) in [4.78, 5) is 9.11. The first-order valence-corrected chi connectivity index (χ1v) is 7.24. The zero-order valence-corrected chi connectivity index (χ0v) is 11.4. The molecule has 1 aliphatic heterocycles. The van der Waals surface area contributed by atoms with Gasteiger partial charge >= 0.3 is 0 Å². The molecule has 1 unspecified atom stereocenters. The van der Waals surface area contributed by atoms with Crippen molar-refractivity contribution in [1.29, 1.82) is 0 Å². The number of nitrogens with zero attached hydrogens (tertiary/aromatic N) is 2. The van der Waals surface area contributed by atoms with Gasteiger partial charge < -0.3 is 5.11 Å². The van der Waals surface area contributed by atoms with Gasteiger partial charge in [0.25, 0.3) is 5.69 Å². The van der Waals surface area contributed by atoms with Crippen LogP contribution in [0.1, 0.15) is 13.3 Å². The van der Waals surface area contributed by atoms with E-state index in [1.807, 2.05) is 0 Å². The SMILES string of the molecule is CC1(O)CCN(S(=O)(=O)c2cc([N+](=O)[O-])ccc2F)C1. The van der Waals surface area contributed by atoms with Crippen molar-refractivity contribution in [3.63, 3.8) is 0 Å². The number of hydrogen-bond acceptors (Lipinski definition) is 5. The molecular formula is C11H13FN2O5S. The summed E-state index contributed by atoms with van der Waals surface area (Å²) in [6.45, 7) is 1.35. The van der Waals surface area contributed by atoms with Gasteiger partial charge in [0.2, 0.25) is 10.0 Å². The Hall–Kier alpha value is -1.58. The number of sulfonamides is 1. The zero-order valence-electron chi connectivity index (χ0n) is 10.6. The first kappa shape index (κ1) is 14.8. The molecule has 9 heteroatoms. The van der Waals surface area contributed by atoms with E-state index >= 15 is 0 Å². The Bertz CT molecular complexity index is 659. The number of benzene rings is 1. The minimum Gasteiger partial charge on any atom is -0.389 e. The lowest BCUT2D eigenvalue weighted by Gasteiger charge is -2.19. The molecule has 0 saturated carbocycles. The van der Waals surface area contributed by atoms with Crippen LogP contribution in [0, 0.1) is 15.9 Å². The predicted molar refractivity (Wildman–Crippen MR) is 67.1 cm³/mol. The van der Waals surface area contributed by atoms with Gasteiger partial charge in [0.15, 0.2) is 0 Å². The normalized spacial score (nSPS) is 23.9. The van der Waals surface area contributed by atoms with Gasteiger partial charge in [-0.05, 0) is 19.4 Å². The summed E-state index contributed by atoms with van der Waals surface area (Å²) < 4.78 is 39.1. The topological polar surface area (TPSA) is 101 Å². The molecule has 0 bridgehead atoms. The number of halogens is 1. The fraction of sp³-hybridized carbons (Fsp3) is 0.455. The molecule has 20 heavy (non-hydrogen) atoms. The van der Waals surface area contributed by atoms with E-state index in [1.165, 1.54) is 6.92 Å². The molecular weight excluding hydrogens is 291 g/mol. The van der Waals surface area contributed by atoms with Gasteiger partial charge in [0, 0.05) is 25.2 Å². The molecule has 2 rings (SSSR count). The molecule has 1 aromatic carbocycles. The Morgan fingerprint density at radius 1 is 1.50 bits per heavy atom. The molecule has 1 N–H and O–H groups in total. The van der Waals surface area contributed by atoms with Crippen LogP contribution in [0.25, 0.3) is 0 Å². The van der Waals surface area contributed by atoms with E-state index in [0.717, 1.165) is 16.4 Å². The molecule has 1 aliphatic rings. The van der Waals surface area contributed by atoms with Crippen molar-refractivity contribution in [3.05, 3.63) is 34.1 Å². The number of β-amino-alcohol motifs (C(OH)–C–C–N with tert-alkyl or cyclic N) is 1. The zero-order chi connectivity index (χ0) is 15.1. The van der Waals surface area contributed by atoms with Gasteiger partial charge in [-0.2, -0.15) is 4.31 Å². The Balaban J connectivity index is 2.45. The van der Waals surface area contributed by atoms with Crippen molar-refractivity contribution in [2.45, 2.75) is 23.8 Å². The van der Waals surface area contributed by atoms with Crippen molar-refractivity contribution < 1.29 is 22.8 Å². The van der Waals surface area contributed by atoms with Crippen LogP contribution in [0.2, 0.25) is 0 Å². The highest BCUT2D eigenvalue weighted by Crippen LogP contribution is 2.29. The number of rotatable bonds is 3. The average Bonchev–Trinajstić information content (AvgIpc) is 2.70. The van der Waals surface area contributed by atoms with E-state index in [-0.39, 0.29) is 19.5 Å². The maximum absolute atomic E-state index is 13.7. The highest BCUT2D eigenvalue weighted by Gasteiger charge is 2.39. The smallest absolute Gasteiger partial charge is 0.270 e. The largest absolute Gasteiger partial charge is 0.389 e.